The molecule has 0 aliphatic rings. The minimum Gasteiger partial charge on any atom is 1.00 e. The Morgan fingerprint density at radius 3 is 2.44 bits per heavy atom. The molecular weight excluding hydrogens is 288 g/mol. The molecule has 2 N–H and O–H groups in total. The molecule has 0 aromatic heterocycles. The summed E-state index contributed by atoms with van der Waals surface area (Å²) < 4.78 is 31.7. The number of hydrogen-bond donors (Lipinski definition) is 2. The molecule has 0 unspecified atom stereocenters. The number of phenolic OH excluding ortho intramolecular Hbond substituents is 1. The van der Waals surface area contributed by atoms with Crippen molar-refractivity contribution in [1.82, 2.24) is 0 Å². The zero-order valence-electron chi connectivity index (χ0n) is 8.76. The van der Waals surface area contributed by atoms with Gasteiger partial charge in [-0.3, -0.25) is 0 Å². The van der Waals surface area contributed by atoms with Crippen LogP contribution < -0.4 is 47.4 Å². The summed E-state index contributed by atoms with van der Waals surface area (Å²) in [5, 5.41) is 11.5. The van der Waals surface area contributed by atoms with Gasteiger partial charge in [0.1, 0.15) is 0 Å². The normalized spacial score (nSPS) is 10.4. The third-order valence-electron chi connectivity index (χ3n) is 1.61. The Morgan fingerprint density at radius 1 is 1.44 bits per heavy atom. The van der Waals surface area contributed by atoms with Gasteiger partial charge in [0.05, 0.1) is 0 Å². The van der Waals surface area contributed by atoms with Crippen molar-refractivity contribution in [2.45, 2.75) is 6.92 Å². The fourth-order valence-corrected chi connectivity index (χ4v) is 2.13. The van der Waals surface area contributed by atoms with E-state index in [0.717, 1.165) is 18.2 Å². The molecule has 0 saturated carbocycles. The first-order chi connectivity index (χ1) is 6.80. The zero-order valence-corrected chi connectivity index (χ0v) is 12.6. The van der Waals surface area contributed by atoms with Gasteiger partial charge < -0.3 is 0 Å². The van der Waals surface area contributed by atoms with Gasteiger partial charge in [-0.25, -0.2) is 0 Å². The quantitative estimate of drug-likeness (QED) is 0.418. The summed E-state index contributed by atoms with van der Waals surface area (Å²) >= 11 is -5.48. The van der Waals surface area contributed by atoms with Crippen molar-refractivity contribution >= 4 is 30.1 Å². The topological polar surface area (TPSA) is 113 Å². The molecular formula is C8H8AsNNaO5-. The van der Waals surface area contributed by atoms with E-state index in [1.54, 1.807) is 0 Å². The summed E-state index contributed by atoms with van der Waals surface area (Å²) in [5.41, 5.74) is -0.0895. The predicted octanol–water partition coefficient (Wildman–Crippen LogP) is -5.35. The number of anilines is 1. The first-order valence-corrected chi connectivity index (χ1v) is 7.17. The maximum atomic E-state index is 10.7. The van der Waals surface area contributed by atoms with E-state index in [-0.39, 0.29) is 41.0 Å². The summed E-state index contributed by atoms with van der Waals surface area (Å²) in [5.74, 6) is -0.765. The maximum Gasteiger partial charge on any atom is 1.00 e. The molecule has 0 spiro atoms. The molecule has 0 heterocycles. The van der Waals surface area contributed by atoms with Crippen LogP contribution in [0.1, 0.15) is 6.92 Å². The van der Waals surface area contributed by atoms with E-state index in [2.05, 4.69) is 5.32 Å². The van der Waals surface area contributed by atoms with E-state index in [1.807, 2.05) is 0 Å². The van der Waals surface area contributed by atoms with E-state index in [4.69, 9.17) is 0 Å². The number of aromatic hydroxyl groups is 1. The van der Waals surface area contributed by atoms with Crippen molar-refractivity contribution < 1.29 is 51.4 Å². The van der Waals surface area contributed by atoms with E-state index >= 15 is 0 Å². The molecule has 0 bridgehead atoms. The second-order valence-electron chi connectivity index (χ2n) is 2.88. The maximum absolute atomic E-state index is 10.7. The van der Waals surface area contributed by atoms with Crippen LogP contribution >= 0.6 is 0 Å². The van der Waals surface area contributed by atoms with Crippen LogP contribution in [0.3, 0.4) is 0 Å². The summed E-state index contributed by atoms with van der Waals surface area (Å²) in [6, 6.07) is 2.99. The molecule has 82 valence electrons. The zero-order chi connectivity index (χ0) is 11.6. The molecule has 1 amide bonds. The Bertz CT molecular complexity index is 444. The molecule has 1 aromatic carbocycles. The fourth-order valence-electron chi connectivity index (χ4n) is 0.984. The van der Waals surface area contributed by atoms with Crippen LogP contribution in [0.5, 0.6) is 5.75 Å². The van der Waals surface area contributed by atoms with Crippen LogP contribution in [0, 0.1) is 0 Å². The van der Waals surface area contributed by atoms with Gasteiger partial charge in [0, 0.05) is 0 Å². The number of benzene rings is 1. The molecule has 0 aliphatic carbocycles. The van der Waals surface area contributed by atoms with Crippen LogP contribution in [0.2, 0.25) is 0 Å². The van der Waals surface area contributed by atoms with E-state index in [1.165, 1.54) is 6.92 Å². The second-order valence-corrected chi connectivity index (χ2v) is 6.05. The summed E-state index contributed by atoms with van der Waals surface area (Å²) in [4.78, 5) is 10.7. The Labute approximate surface area is 117 Å². The average Bonchev–Trinajstić information content (AvgIpc) is 2.06. The monoisotopic (exact) mass is 296 g/mol. The first kappa shape index (κ1) is 15.8. The SMILES string of the molecule is CC(=O)Nc1cc([As](=O)([O-])[O-])ccc1O.[Na+]. The number of hydrogen-bond acceptors (Lipinski definition) is 5. The molecule has 0 saturated heterocycles. The van der Waals surface area contributed by atoms with Crippen LogP contribution in [-0.2, 0) is 8.53 Å². The second kappa shape index (κ2) is 5.91. The molecule has 0 fully saturated rings. The van der Waals surface area contributed by atoms with E-state index in [9.17, 15) is 21.8 Å². The standard InChI is InChI=1S/C8H10AsNO5.Na/c1-5(11)10-7-4-6(9(13,14)15)2-3-8(7)12;/h2-4,12H,1H3,(H,10,11)(H2,13,14,15);/q;+1/p-2. The Morgan fingerprint density at radius 2 is 2.00 bits per heavy atom. The largest absolute Gasteiger partial charge is 1.00 e. The minimum absolute atomic E-state index is 0. The van der Waals surface area contributed by atoms with Gasteiger partial charge in [-0.15, -0.1) is 0 Å². The van der Waals surface area contributed by atoms with Gasteiger partial charge in [0.15, 0.2) is 0 Å². The molecule has 0 atom stereocenters. The first-order valence-electron chi connectivity index (χ1n) is 3.94. The molecule has 0 radical (unpaired) electrons. The van der Waals surface area contributed by atoms with Crippen LogP contribution in [0.4, 0.5) is 5.69 Å². The van der Waals surface area contributed by atoms with E-state index < -0.39 is 24.4 Å². The number of carbonyl (C=O) groups is 1. The van der Waals surface area contributed by atoms with Gasteiger partial charge in [-0.1, -0.05) is 0 Å². The molecule has 1 rings (SSSR count). The van der Waals surface area contributed by atoms with Gasteiger partial charge in [0.2, 0.25) is 0 Å². The molecule has 0 aliphatic heterocycles. The fraction of sp³-hybridized carbons (Fsp3) is 0.125. The molecule has 8 heteroatoms. The third-order valence-corrected chi connectivity index (χ3v) is 3.52. The summed E-state index contributed by atoms with van der Waals surface area (Å²) in [6.07, 6.45) is 0. The van der Waals surface area contributed by atoms with Crippen LogP contribution in [-0.4, -0.2) is 25.2 Å². The van der Waals surface area contributed by atoms with Crippen molar-refractivity contribution in [3.8, 4) is 5.75 Å². The molecule has 16 heavy (non-hydrogen) atoms. The Hall–Kier alpha value is -0.232. The van der Waals surface area contributed by atoms with Gasteiger partial charge in [-0.2, -0.15) is 0 Å². The van der Waals surface area contributed by atoms with Gasteiger partial charge in [0.25, 0.3) is 0 Å². The molecule has 1 aromatic rings. The minimum atomic E-state index is -5.48. The van der Waals surface area contributed by atoms with Crippen molar-refractivity contribution in [1.29, 1.82) is 0 Å². The van der Waals surface area contributed by atoms with Gasteiger partial charge >= 0.3 is 118 Å². The smallest absolute Gasteiger partial charge is 1.00 e. The van der Waals surface area contributed by atoms with E-state index in [0.29, 0.717) is 0 Å². The van der Waals surface area contributed by atoms with Crippen molar-refractivity contribution in [2.24, 2.45) is 0 Å². The van der Waals surface area contributed by atoms with Gasteiger partial charge in [-0.05, 0) is 0 Å². The summed E-state index contributed by atoms with van der Waals surface area (Å²) in [6.45, 7) is 1.20. The Kier molecular flexibility index (Phi) is 5.82. The number of amides is 1. The third kappa shape index (κ3) is 4.33. The van der Waals surface area contributed by atoms with Crippen molar-refractivity contribution in [3.05, 3.63) is 18.2 Å². The number of phenols is 1. The summed E-state index contributed by atoms with van der Waals surface area (Å²) in [7, 11) is 0. The molecule has 6 nitrogen and oxygen atoms in total. The Balaban J connectivity index is 0.00000225. The van der Waals surface area contributed by atoms with Crippen molar-refractivity contribution in [3.63, 3.8) is 0 Å². The average molecular weight is 296 g/mol. The number of rotatable bonds is 2. The number of carbonyl (C=O) groups excluding carboxylic acids is 1. The van der Waals surface area contributed by atoms with Crippen molar-refractivity contribution in [2.75, 3.05) is 5.32 Å². The van der Waals surface area contributed by atoms with Crippen LogP contribution in [0.15, 0.2) is 18.2 Å². The number of nitrogens with one attached hydrogen (secondary N) is 1. The predicted molar refractivity (Wildman–Crippen MR) is 48.5 cm³/mol. The van der Waals surface area contributed by atoms with Crippen LogP contribution in [0.25, 0.3) is 0 Å².